The predicted octanol–water partition coefficient (Wildman–Crippen LogP) is 2.78. The molecule has 0 spiro atoms. The number of carbonyl (C=O) groups excluding carboxylic acids is 1. The molecule has 20 heavy (non-hydrogen) atoms. The first-order valence-electron chi connectivity index (χ1n) is 6.57. The summed E-state index contributed by atoms with van der Waals surface area (Å²) in [5.41, 5.74) is 2.58. The molecule has 1 N–H and O–H groups in total. The van der Waals surface area contributed by atoms with Gasteiger partial charge in [-0.15, -0.1) is 0 Å². The maximum Gasteiger partial charge on any atom is 0.220 e. The van der Waals surface area contributed by atoms with E-state index in [0.29, 0.717) is 12.8 Å². The molecule has 2 rings (SSSR count). The Balaban J connectivity index is 1.78. The number of amides is 1. The SMILES string of the molecule is Cc1ccc(CCC(=O)NCc2ncccc2F)cc1. The molecule has 0 aliphatic heterocycles. The Morgan fingerprint density at radius 3 is 2.70 bits per heavy atom. The highest BCUT2D eigenvalue weighted by Gasteiger charge is 2.06. The van der Waals surface area contributed by atoms with Crippen LogP contribution in [0.1, 0.15) is 23.2 Å². The number of aryl methyl sites for hydroxylation is 2. The Labute approximate surface area is 117 Å². The van der Waals surface area contributed by atoms with Crippen LogP contribution in [0.2, 0.25) is 0 Å². The van der Waals surface area contributed by atoms with Crippen molar-refractivity contribution < 1.29 is 9.18 Å². The zero-order valence-electron chi connectivity index (χ0n) is 11.4. The molecule has 2 aromatic rings. The minimum atomic E-state index is -0.397. The number of halogens is 1. The summed E-state index contributed by atoms with van der Waals surface area (Å²) in [7, 11) is 0. The first kappa shape index (κ1) is 14.2. The fraction of sp³-hybridized carbons (Fsp3) is 0.250. The Morgan fingerprint density at radius 1 is 1.25 bits per heavy atom. The van der Waals surface area contributed by atoms with Crippen LogP contribution in [0.5, 0.6) is 0 Å². The monoisotopic (exact) mass is 272 g/mol. The van der Waals surface area contributed by atoms with Crippen molar-refractivity contribution in [2.24, 2.45) is 0 Å². The first-order chi connectivity index (χ1) is 9.65. The van der Waals surface area contributed by atoms with Crippen LogP contribution in [0, 0.1) is 12.7 Å². The number of pyridine rings is 1. The van der Waals surface area contributed by atoms with Gasteiger partial charge in [0.2, 0.25) is 5.91 Å². The van der Waals surface area contributed by atoms with E-state index >= 15 is 0 Å². The molecular weight excluding hydrogens is 255 g/mol. The maximum atomic E-state index is 13.3. The lowest BCUT2D eigenvalue weighted by atomic mass is 10.1. The lowest BCUT2D eigenvalue weighted by molar-refractivity contribution is -0.121. The highest BCUT2D eigenvalue weighted by molar-refractivity contribution is 5.76. The van der Waals surface area contributed by atoms with Crippen molar-refractivity contribution in [1.82, 2.24) is 10.3 Å². The zero-order valence-corrected chi connectivity index (χ0v) is 11.4. The van der Waals surface area contributed by atoms with Gasteiger partial charge in [0.15, 0.2) is 0 Å². The van der Waals surface area contributed by atoms with E-state index in [2.05, 4.69) is 10.3 Å². The molecule has 1 aromatic heterocycles. The van der Waals surface area contributed by atoms with Crippen LogP contribution in [-0.4, -0.2) is 10.9 Å². The number of nitrogens with one attached hydrogen (secondary N) is 1. The van der Waals surface area contributed by atoms with Gasteiger partial charge in [-0.25, -0.2) is 4.39 Å². The van der Waals surface area contributed by atoms with E-state index < -0.39 is 5.82 Å². The van der Waals surface area contributed by atoms with Gasteiger partial charge < -0.3 is 5.32 Å². The first-order valence-corrected chi connectivity index (χ1v) is 6.57. The van der Waals surface area contributed by atoms with Crippen molar-refractivity contribution >= 4 is 5.91 Å². The fourth-order valence-electron chi connectivity index (χ4n) is 1.83. The molecule has 104 valence electrons. The van der Waals surface area contributed by atoms with E-state index in [-0.39, 0.29) is 18.1 Å². The standard InChI is InChI=1S/C16H17FN2O/c1-12-4-6-13(7-5-12)8-9-16(20)19-11-15-14(17)3-2-10-18-15/h2-7,10H,8-9,11H2,1H3,(H,19,20). The van der Waals surface area contributed by atoms with Gasteiger partial charge in [-0.2, -0.15) is 0 Å². The molecule has 0 saturated carbocycles. The summed E-state index contributed by atoms with van der Waals surface area (Å²) in [6, 6.07) is 10.9. The van der Waals surface area contributed by atoms with Crippen molar-refractivity contribution in [3.05, 3.63) is 65.2 Å². The topological polar surface area (TPSA) is 42.0 Å². The normalized spacial score (nSPS) is 10.3. The highest BCUT2D eigenvalue weighted by Crippen LogP contribution is 2.06. The average Bonchev–Trinajstić information content (AvgIpc) is 2.46. The van der Waals surface area contributed by atoms with Crippen molar-refractivity contribution in [1.29, 1.82) is 0 Å². The third kappa shape index (κ3) is 4.16. The van der Waals surface area contributed by atoms with E-state index in [4.69, 9.17) is 0 Å². The molecule has 1 amide bonds. The van der Waals surface area contributed by atoms with Crippen LogP contribution in [0.3, 0.4) is 0 Å². The Kier molecular flexibility index (Phi) is 4.82. The molecule has 0 bridgehead atoms. The largest absolute Gasteiger partial charge is 0.350 e. The van der Waals surface area contributed by atoms with Gasteiger partial charge in [-0.05, 0) is 31.0 Å². The molecule has 1 aromatic carbocycles. The quantitative estimate of drug-likeness (QED) is 0.909. The van der Waals surface area contributed by atoms with Gasteiger partial charge in [-0.1, -0.05) is 29.8 Å². The number of carbonyl (C=O) groups is 1. The fourth-order valence-corrected chi connectivity index (χ4v) is 1.83. The van der Waals surface area contributed by atoms with Gasteiger partial charge in [0, 0.05) is 12.6 Å². The number of aromatic nitrogens is 1. The second-order valence-electron chi connectivity index (χ2n) is 4.69. The summed E-state index contributed by atoms with van der Waals surface area (Å²) in [6.45, 7) is 2.15. The summed E-state index contributed by atoms with van der Waals surface area (Å²) in [5.74, 6) is -0.498. The van der Waals surface area contributed by atoms with Gasteiger partial charge in [-0.3, -0.25) is 9.78 Å². The molecule has 0 aliphatic rings. The third-order valence-electron chi connectivity index (χ3n) is 3.05. The molecule has 0 atom stereocenters. The minimum Gasteiger partial charge on any atom is -0.350 e. The van der Waals surface area contributed by atoms with Gasteiger partial charge in [0.1, 0.15) is 5.82 Å². The number of benzene rings is 1. The van der Waals surface area contributed by atoms with E-state index in [1.807, 2.05) is 31.2 Å². The minimum absolute atomic E-state index is 0.101. The van der Waals surface area contributed by atoms with E-state index in [1.54, 1.807) is 0 Å². The van der Waals surface area contributed by atoms with Crippen LogP contribution < -0.4 is 5.32 Å². The Hall–Kier alpha value is -2.23. The van der Waals surface area contributed by atoms with Crippen LogP contribution in [0.15, 0.2) is 42.6 Å². The average molecular weight is 272 g/mol. The summed E-state index contributed by atoms with van der Waals surface area (Å²) in [4.78, 5) is 15.6. The van der Waals surface area contributed by atoms with Crippen molar-refractivity contribution in [3.8, 4) is 0 Å². The van der Waals surface area contributed by atoms with Crippen LogP contribution >= 0.6 is 0 Å². The molecule has 0 saturated heterocycles. The molecule has 0 radical (unpaired) electrons. The van der Waals surface area contributed by atoms with E-state index in [0.717, 1.165) is 5.56 Å². The Bertz CT molecular complexity index is 581. The number of hydrogen-bond acceptors (Lipinski definition) is 2. The highest BCUT2D eigenvalue weighted by atomic mass is 19.1. The van der Waals surface area contributed by atoms with Gasteiger partial charge >= 0.3 is 0 Å². The second kappa shape index (κ2) is 6.80. The smallest absolute Gasteiger partial charge is 0.220 e. The molecule has 1 heterocycles. The summed E-state index contributed by atoms with van der Waals surface area (Å²) >= 11 is 0. The van der Waals surface area contributed by atoms with Gasteiger partial charge in [0.25, 0.3) is 0 Å². The second-order valence-corrected chi connectivity index (χ2v) is 4.69. The van der Waals surface area contributed by atoms with Crippen LogP contribution in [-0.2, 0) is 17.8 Å². The lowest BCUT2D eigenvalue weighted by Crippen LogP contribution is -2.24. The van der Waals surface area contributed by atoms with Gasteiger partial charge in [0.05, 0.1) is 12.2 Å². The van der Waals surface area contributed by atoms with Crippen LogP contribution in [0.4, 0.5) is 4.39 Å². The Morgan fingerprint density at radius 2 is 2.00 bits per heavy atom. The lowest BCUT2D eigenvalue weighted by Gasteiger charge is -2.06. The third-order valence-corrected chi connectivity index (χ3v) is 3.05. The van der Waals surface area contributed by atoms with Crippen molar-refractivity contribution in [3.63, 3.8) is 0 Å². The van der Waals surface area contributed by atoms with Crippen LogP contribution in [0.25, 0.3) is 0 Å². The predicted molar refractivity (Wildman–Crippen MR) is 75.5 cm³/mol. The van der Waals surface area contributed by atoms with E-state index in [9.17, 15) is 9.18 Å². The molecular formula is C16H17FN2O. The maximum absolute atomic E-state index is 13.3. The molecule has 0 unspecified atom stereocenters. The van der Waals surface area contributed by atoms with E-state index in [1.165, 1.54) is 23.9 Å². The molecule has 0 aliphatic carbocycles. The zero-order chi connectivity index (χ0) is 14.4. The number of nitrogens with zero attached hydrogens (tertiary/aromatic N) is 1. The molecule has 3 nitrogen and oxygen atoms in total. The van der Waals surface area contributed by atoms with Crippen molar-refractivity contribution in [2.75, 3.05) is 0 Å². The number of hydrogen-bond donors (Lipinski definition) is 1. The summed E-state index contributed by atoms with van der Waals surface area (Å²) < 4.78 is 13.3. The number of rotatable bonds is 5. The molecule has 0 fully saturated rings. The summed E-state index contributed by atoms with van der Waals surface area (Å²) in [6.07, 6.45) is 2.57. The van der Waals surface area contributed by atoms with Crippen molar-refractivity contribution in [2.45, 2.75) is 26.3 Å². The summed E-state index contributed by atoms with van der Waals surface area (Å²) in [5, 5.41) is 2.68. The molecule has 4 heteroatoms.